The third kappa shape index (κ3) is 2.47. The SMILES string of the molecule is CC#CC1=C/C(c2ccc3c(c2)C2(COC(N)=N2)C2(COC2)C2(CCC2)O3)=C\C=C\C=C\1. The first kappa shape index (κ1) is 19.5. The summed E-state index contributed by atoms with van der Waals surface area (Å²) in [6.07, 6.45) is 15.5. The normalized spacial score (nSPS) is 33.2. The summed E-state index contributed by atoms with van der Waals surface area (Å²) >= 11 is 0. The van der Waals surface area contributed by atoms with Crippen LogP contribution in [-0.4, -0.2) is 31.4 Å². The van der Waals surface area contributed by atoms with Crippen LogP contribution in [0, 0.1) is 17.3 Å². The van der Waals surface area contributed by atoms with E-state index in [9.17, 15) is 0 Å². The van der Waals surface area contributed by atoms with Crippen molar-refractivity contribution in [3.05, 3.63) is 71.4 Å². The number of aliphatic imine (C=N–C) groups is 1. The van der Waals surface area contributed by atoms with Crippen LogP contribution in [0.3, 0.4) is 0 Å². The Balaban J connectivity index is 1.52. The van der Waals surface area contributed by atoms with Gasteiger partial charge in [-0.05, 0) is 61.6 Å². The van der Waals surface area contributed by atoms with E-state index in [1.54, 1.807) is 0 Å². The summed E-state index contributed by atoms with van der Waals surface area (Å²) in [4.78, 5) is 4.97. The first-order valence-electron chi connectivity index (χ1n) is 11.2. The molecular formula is C27H26N2O3. The van der Waals surface area contributed by atoms with Crippen LogP contribution in [0.5, 0.6) is 5.75 Å². The first-order chi connectivity index (χ1) is 15.6. The highest BCUT2D eigenvalue weighted by Crippen LogP contribution is 2.67. The predicted octanol–water partition coefficient (Wildman–Crippen LogP) is 4.02. The zero-order valence-corrected chi connectivity index (χ0v) is 18.2. The molecule has 0 radical (unpaired) electrons. The van der Waals surface area contributed by atoms with Crippen molar-refractivity contribution in [3.8, 4) is 17.6 Å². The lowest BCUT2D eigenvalue weighted by Gasteiger charge is -2.66. The molecule has 1 atom stereocenters. The van der Waals surface area contributed by atoms with Gasteiger partial charge in [0, 0.05) is 11.1 Å². The fourth-order valence-corrected chi connectivity index (χ4v) is 5.81. The minimum Gasteiger partial charge on any atom is -0.486 e. The molecule has 0 amide bonds. The summed E-state index contributed by atoms with van der Waals surface area (Å²) in [5.41, 5.74) is 9.19. The van der Waals surface area contributed by atoms with Gasteiger partial charge in [0.25, 0.3) is 6.02 Å². The lowest BCUT2D eigenvalue weighted by Crippen LogP contribution is -2.75. The Bertz CT molecular complexity index is 1200. The van der Waals surface area contributed by atoms with Gasteiger partial charge in [0.2, 0.25) is 0 Å². The van der Waals surface area contributed by atoms with E-state index < -0.39 is 5.54 Å². The minimum absolute atomic E-state index is 0.252. The molecule has 1 saturated carbocycles. The quantitative estimate of drug-likeness (QED) is 0.689. The molecule has 3 aliphatic heterocycles. The van der Waals surface area contributed by atoms with Crippen LogP contribution in [0.2, 0.25) is 0 Å². The van der Waals surface area contributed by atoms with E-state index in [1.807, 2.05) is 31.2 Å². The van der Waals surface area contributed by atoms with E-state index >= 15 is 0 Å². The number of hydrogen-bond donors (Lipinski definition) is 1. The summed E-state index contributed by atoms with van der Waals surface area (Å²) in [5.74, 6) is 7.05. The molecule has 2 fully saturated rings. The molecule has 162 valence electrons. The molecule has 1 saturated heterocycles. The lowest BCUT2D eigenvalue weighted by molar-refractivity contribution is -0.281. The van der Waals surface area contributed by atoms with Crippen LogP contribution in [0.25, 0.3) is 5.57 Å². The molecule has 32 heavy (non-hydrogen) atoms. The molecular weight excluding hydrogens is 400 g/mol. The topological polar surface area (TPSA) is 66.1 Å². The monoisotopic (exact) mass is 426 g/mol. The van der Waals surface area contributed by atoms with Crippen molar-refractivity contribution < 1.29 is 14.2 Å². The summed E-state index contributed by atoms with van der Waals surface area (Å²) in [6, 6.07) is 6.66. The van der Waals surface area contributed by atoms with Gasteiger partial charge in [-0.2, -0.15) is 0 Å². The van der Waals surface area contributed by atoms with Gasteiger partial charge in [-0.3, -0.25) is 0 Å². The molecule has 2 aliphatic carbocycles. The van der Waals surface area contributed by atoms with Gasteiger partial charge in [-0.25, -0.2) is 4.99 Å². The molecule has 5 nitrogen and oxygen atoms in total. The highest BCUT2D eigenvalue weighted by molar-refractivity contribution is 5.80. The van der Waals surface area contributed by atoms with Crippen LogP contribution in [0.1, 0.15) is 37.3 Å². The Kier molecular flexibility index (Phi) is 4.18. The Morgan fingerprint density at radius 1 is 1.09 bits per heavy atom. The largest absolute Gasteiger partial charge is 0.486 e. The fraction of sp³-hybridized carbons (Fsp3) is 0.370. The van der Waals surface area contributed by atoms with Gasteiger partial charge < -0.3 is 19.9 Å². The second kappa shape index (κ2) is 6.88. The zero-order valence-electron chi connectivity index (χ0n) is 18.2. The third-order valence-corrected chi connectivity index (χ3v) is 7.67. The molecule has 1 aromatic rings. The molecule has 1 unspecified atom stereocenters. The Morgan fingerprint density at radius 3 is 2.62 bits per heavy atom. The second-order valence-corrected chi connectivity index (χ2v) is 9.18. The number of fused-ring (bicyclic) bond motifs is 4. The average molecular weight is 427 g/mol. The highest BCUT2D eigenvalue weighted by atomic mass is 16.5. The first-order valence-corrected chi connectivity index (χ1v) is 11.2. The van der Waals surface area contributed by atoms with Crippen molar-refractivity contribution in [2.75, 3.05) is 19.8 Å². The number of allylic oxidation sites excluding steroid dienone is 8. The molecule has 1 aromatic carbocycles. The van der Waals surface area contributed by atoms with Crippen LogP contribution < -0.4 is 10.5 Å². The van der Waals surface area contributed by atoms with E-state index in [-0.39, 0.29) is 17.0 Å². The number of hydrogen-bond acceptors (Lipinski definition) is 5. The van der Waals surface area contributed by atoms with Gasteiger partial charge in [0.05, 0.1) is 18.6 Å². The van der Waals surface area contributed by atoms with Crippen LogP contribution in [0.4, 0.5) is 0 Å². The Morgan fingerprint density at radius 2 is 1.97 bits per heavy atom. The summed E-state index contributed by atoms with van der Waals surface area (Å²) < 4.78 is 18.4. The van der Waals surface area contributed by atoms with Crippen LogP contribution >= 0.6 is 0 Å². The van der Waals surface area contributed by atoms with Crippen molar-refractivity contribution in [1.29, 1.82) is 0 Å². The molecule has 2 N–H and O–H groups in total. The Labute approximate surface area is 188 Å². The predicted molar refractivity (Wildman–Crippen MR) is 124 cm³/mol. The number of amidine groups is 1. The van der Waals surface area contributed by atoms with Gasteiger partial charge in [0.15, 0.2) is 0 Å². The maximum absolute atomic E-state index is 6.75. The molecule has 5 heteroatoms. The van der Waals surface area contributed by atoms with E-state index in [1.165, 1.54) is 0 Å². The molecule has 6 rings (SSSR count). The number of benzene rings is 1. The van der Waals surface area contributed by atoms with Crippen molar-refractivity contribution in [3.63, 3.8) is 0 Å². The second-order valence-electron chi connectivity index (χ2n) is 9.18. The number of ether oxygens (including phenoxy) is 3. The minimum atomic E-state index is -0.590. The molecule has 0 bridgehead atoms. The van der Waals surface area contributed by atoms with E-state index in [0.717, 1.165) is 47.3 Å². The third-order valence-electron chi connectivity index (χ3n) is 7.67. The van der Waals surface area contributed by atoms with Gasteiger partial charge in [0.1, 0.15) is 23.5 Å². The number of rotatable bonds is 1. The van der Waals surface area contributed by atoms with Crippen molar-refractivity contribution in [2.45, 2.75) is 37.3 Å². The molecule has 0 aromatic heterocycles. The maximum atomic E-state index is 6.75. The molecule has 3 heterocycles. The van der Waals surface area contributed by atoms with E-state index in [4.69, 9.17) is 24.9 Å². The van der Waals surface area contributed by atoms with Crippen molar-refractivity contribution in [2.24, 2.45) is 16.1 Å². The lowest BCUT2D eigenvalue weighted by atomic mass is 9.49. The van der Waals surface area contributed by atoms with E-state index in [2.05, 4.69) is 42.2 Å². The number of nitrogens with zero attached hydrogens (tertiary/aromatic N) is 1. The zero-order chi connectivity index (χ0) is 21.8. The fourth-order valence-electron chi connectivity index (χ4n) is 5.81. The van der Waals surface area contributed by atoms with Gasteiger partial charge in [-0.1, -0.05) is 36.3 Å². The van der Waals surface area contributed by atoms with Gasteiger partial charge in [-0.15, -0.1) is 5.92 Å². The standard InChI is InChI=1S/C27H26N2O3/c1-2-7-19-8-4-3-5-9-20(14-19)21-10-11-23-22(15-21)27(18-31-24(28)29-27)25(16-30-17-25)26(32-23)12-6-13-26/h3-5,8-11,14-15H,6,12-13,16-18H2,1H3,(H2,28,29)/b4-3?,5-3+,8-4+,9-5?,19-8?,19-14-,20-9+,20-14?. The molecule has 5 aliphatic rings. The van der Waals surface area contributed by atoms with Crippen LogP contribution in [0.15, 0.2) is 65.2 Å². The van der Waals surface area contributed by atoms with E-state index in [0.29, 0.717) is 19.8 Å². The summed E-state index contributed by atoms with van der Waals surface area (Å²) in [6.45, 7) is 3.51. The smallest absolute Gasteiger partial charge is 0.283 e. The molecule has 3 spiro atoms. The maximum Gasteiger partial charge on any atom is 0.283 e. The highest BCUT2D eigenvalue weighted by Gasteiger charge is 2.75. The van der Waals surface area contributed by atoms with Crippen LogP contribution in [-0.2, 0) is 15.0 Å². The van der Waals surface area contributed by atoms with Gasteiger partial charge >= 0.3 is 0 Å². The van der Waals surface area contributed by atoms with Crippen molar-refractivity contribution in [1.82, 2.24) is 0 Å². The summed E-state index contributed by atoms with van der Waals surface area (Å²) in [5, 5.41) is 0. The summed E-state index contributed by atoms with van der Waals surface area (Å²) in [7, 11) is 0. The number of nitrogens with two attached hydrogens (primary N) is 1. The Hall–Kier alpha value is -3.23. The average Bonchev–Trinajstić information content (AvgIpc) is 3.09. The van der Waals surface area contributed by atoms with Crippen molar-refractivity contribution >= 4 is 11.6 Å².